The van der Waals surface area contributed by atoms with Gasteiger partial charge in [0.25, 0.3) is 0 Å². The number of hydrogen-bond donors (Lipinski definition) is 2. The molecule has 2 aliphatic rings. The summed E-state index contributed by atoms with van der Waals surface area (Å²) in [4.78, 5) is 12.2. The van der Waals surface area contributed by atoms with Crippen molar-refractivity contribution in [1.29, 1.82) is 0 Å². The van der Waals surface area contributed by atoms with Crippen molar-refractivity contribution < 1.29 is 9.00 Å². The van der Waals surface area contributed by atoms with E-state index in [0.717, 1.165) is 12.8 Å². The Bertz CT molecular complexity index is 376. The zero-order chi connectivity index (χ0) is 14.2. The highest BCUT2D eigenvalue weighted by molar-refractivity contribution is 7.86. The van der Waals surface area contributed by atoms with Gasteiger partial charge in [0.2, 0.25) is 5.91 Å². The second-order valence-corrected chi connectivity index (χ2v) is 9.21. The maximum Gasteiger partial charge on any atom is 0.224 e. The molecular formula is C14H26N2O2S. The molecule has 0 aromatic heterocycles. The molecule has 2 aliphatic carbocycles. The van der Waals surface area contributed by atoms with Crippen molar-refractivity contribution in [3.8, 4) is 0 Å². The lowest BCUT2D eigenvalue weighted by molar-refractivity contribution is -0.126. The average Bonchev–Trinajstić information content (AvgIpc) is 2.87. The quantitative estimate of drug-likeness (QED) is 0.810. The Balaban J connectivity index is 1.78. The fourth-order valence-electron chi connectivity index (χ4n) is 3.42. The summed E-state index contributed by atoms with van der Waals surface area (Å²) in [6.07, 6.45) is 3.45. The molecule has 2 rings (SSSR count). The third kappa shape index (κ3) is 3.19. The van der Waals surface area contributed by atoms with Gasteiger partial charge in [0.05, 0.1) is 5.92 Å². The van der Waals surface area contributed by atoms with Crippen molar-refractivity contribution in [2.45, 2.75) is 50.8 Å². The van der Waals surface area contributed by atoms with E-state index in [2.05, 4.69) is 5.32 Å². The van der Waals surface area contributed by atoms with E-state index in [1.165, 1.54) is 6.42 Å². The lowest BCUT2D eigenvalue weighted by Gasteiger charge is -2.27. The lowest BCUT2D eigenvalue weighted by atomic mass is 9.84. The predicted molar refractivity (Wildman–Crippen MR) is 78.1 cm³/mol. The van der Waals surface area contributed by atoms with Crippen LogP contribution in [-0.4, -0.2) is 33.2 Å². The molecule has 0 aromatic carbocycles. The van der Waals surface area contributed by atoms with Gasteiger partial charge in [-0.3, -0.25) is 9.00 Å². The Morgan fingerprint density at radius 2 is 1.95 bits per heavy atom. The van der Waals surface area contributed by atoms with E-state index < -0.39 is 10.8 Å². The van der Waals surface area contributed by atoms with Crippen molar-refractivity contribution in [3.63, 3.8) is 0 Å². The van der Waals surface area contributed by atoms with E-state index in [1.807, 2.05) is 20.8 Å². The predicted octanol–water partition coefficient (Wildman–Crippen LogP) is 1.02. The van der Waals surface area contributed by atoms with Crippen LogP contribution in [0, 0.1) is 17.8 Å². The van der Waals surface area contributed by atoms with Crippen LogP contribution in [0.1, 0.15) is 40.0 Å². The first-order chi connectivity index (χ1) is 8.80. The van der Waals surface area contributed by atoms with Crippen LogP contribution in [0.4, 0.5) is 0 Å². The van der Waals surface area contributed by atoms with Crippen molar-refractivity contribution in [3.05, 3.63) is 0 Å². The molecule has 0 aliphatic heterocycles. The number of nitrogens with one attached hydrogen (secondary N) is 1. The molecule has 0 saturated heterocycles. The standard InChI is InChI=1S/C14H26N2O2S/c1-14(2,3)19(18)7-6-16-13(17)11-9-4-5-10(8-9)12(11)15/h9-12H,4-8,15H2,1-3H3,(H,16,17). The molecule has 2 saturated carbocycles. The summed E-state index contributed by atoms with van der Waals surface area (Å²) in [7, 11) is -0.912. The minimum Gasteiger partial charge on any atom is -0.355 e. The van der Waals surface area contributed by atoms with Gasteiger partial charge in [-0.1, -0.05) is 0 Å². The second-order valence-electron chi connectivity index (χ2n) is 6.89. The third-order valence-corrected chi connectivity index (χ3v) is 6.49. The first-order valence-electron chi connectivity index (χ1n) is 7.22. The first-order valence-corrected chi connectivity index (χ1v) is 8.54. The molecule has 0 radical (unpaired) electrons. The molecule has 2 fully saturated rings. The monoisotopic (exact) mass is 286 g/mol. The summed E-state index contributed by atoms with van der Waals surface area (Å²) in [5.41, 5.74) is 6.15. The molecule has 0 spiro atoms. The van der Waals surface area contributed by atoms with Gasteiger partial charge in [-0.2, -0.15) is 0 Å². The Morgan fingerprint density at radius 3 is 2.47 bits per heavy atom. The van der Waals surface area contributed by atoms with Crippen molar-refractivity contribution in [2.75, 3.05) is 12.3 Å². The third-order valence-electron chi connectivity index (χ3n) is 4.55. The van der Waals surface area contributed by atoms with Crippen LogP contribution in [0.2, 0.25) is 0 Å². The van der Waals surface area contributed by atoms with Gasteiger partial charge in [0, 0.05) is 33.9 Å². The highest BCUT2D eigenvalue weighted by Crippen LogP contribution is 2.47. The van der Waals surface area contributed by atoms with Crippen molar-refractivity contribution in [2.24, 2.45) is 23.5 Å². The molecule has 19 heavy (non-hydrogen) atoms. The second kappa shape index (κ2) is 5.52. The molecular weight excluding hydrogens is 260 g/mol. The van der Waals surface area contributed by atoms with Crippen LogP contribution in [0.5, 0.6) is 0 Å². The molecule has 5 heteroatoms. The van der Waals surface area contributed by atoms with Crippen molar-refractivity contribution >= 4 is 16.7 Å². The molecule has 4 nitrogen and oxygen atoms in total. The van der Waals surface area contributed by atoms with Gasteiger partial charge in [-0.05, 0) is 51.9 Å². The Kier molecular flexibility index (Phi) is 4.35. The zero-order valence-electron chi connectivity index (χ0n) is 12.1. The van der Waals surface area contributed by atoms with Gasteiger partial charge < -0.3 is 11.1 Å². The van der Waals surface area contributed by atoms with Gasteiger partial charge in [0.1, 0.15) is 0 Å². The minimum atomic E-state index is -0.912. The van der Waals surface area contributed by atoms with E-state index in [9.17, 15) is 9.00 Å². The summed E-state index contributed by atoms with van der Waals surface area (Å²) < 4.78 is 11.7. The molecule has 0 heterocycles. The Morgan fingerprint density at radius 1 is 1.32 bits per heavy atom. The summed E-state index contributed by atoms with van der Waals surface area (Å²) in [5.74, 6) is 1.61. The van der Waals surface area contributed by atoms with Gasteiger partial charge >= 0.3 is 0 Å². The lowest BCUT2D eigenvalue weighted by Crippen LogP contribution is -2.46. The molecule has 1 amide bonds. The number of hydrogen-bond acceptors (Lipinski definition) is 3. The molecule has 5 atom stereocenters. The molecule has 0 aromatic rings. The summed E-state index contributed by atoms with van der Waals surface area (Å²) >= 11 is 0. The van der Waals surface area contributed by atoms with Crippen LogP contribution >= 0.6 is 0 Å². The minimum absolute atomic E-state index is 0.0122. The van der Waals surface area contributed by atoms with Crippen LogP contribution < -0.4 is 11.1 Å². The SMILES string of the molecule is CC(C)(C)S(=O)CCNC(=O)C1C2CCC(C2)C1N. The topological polar surface area (TPSA) is 72.2 Å². The molecule has 5 unspecified atom stereocenters. The fourth-order valence-corrected chi connectivity index (χ4v) is 4.32. The smallest absolute Gasteiger partial charge is 0.224 e. The van der Waals surface area contributed by atoms with Gasteiger partial charge in [0.15, 0.2) is 0 Å². The molecule has 2 bridgehead atoms. The normalized spacial score (nSPS) is 35.4. The fraction of sp³-hybridized carbons (Fsp3) is 0.929. The number of fused-ring (bicyclic) bond motifs is 2. The molecule has 3 N–H and O–H groups in total. The maximum absolute atomic E-state index is 12.2. The van der Waals surface area contributed by atoms with Gasteiger partial charge in [-0.25, -0.2) is 0 Å². The zero-order valence-corrected chi connectivity index (χ0v) is 13.0. The summed E-state index contributed by atoms with van der Waals surface area (Å²) in [6, 6.07) is 0.0341. The van der Waals surface area contributed by atoms with E-state index >= 15 is 0 Å². The van der Waals surface area contributed by atoms with E-state index in [0.29, 0.717) is 24.1 Å². The summed E-state index contributed by atoms with van der Waals surface area (Å²) in [5, 5.41) is 2.93. The first kappa shape index (κ1) is 15.0. The van der Waals surface area contributed by atoms with E-state index in [-0.39, 0.29) is 22.6 Å². The van der Waals surface area contributed by atoms with Crippen LogP contribution in [-0.2, 0) is 15.6 Å². The Labute approximate surface area is 118 Å². The van der Waals surface area contributed by atoms with E-state index in [1.54, 1.807) is 0 Å². The maximum atomic E-state index is 12.2. The average molecular weight is 286 g/mol. The largest absolute Gasteiger partial charge is 0.355 e. The molecule has 110 valence electrons. The summed E-state index contributed by atoms with van der Waals surface area (Å²) in [6.45, 7) is 6.35. The number of nitrogens with two attached hydrogens (primary N) is 1. The highest BCUT2D eigenvalue weighted by atomic mass is 32.2. The number of amides is 1. The van der Waals surface area contributed by atoms with Crippen LogP contribution in [0.15, 0.2) is 0 Å². The van der Waals surface area contributed by atoms with Crippen LogP contribution in [0.3, 0.4) is 0 Å². The highest BCUT2D eigenvalue weighted by Gasteiger charge is 2.48. The number of carbonyl (C=O) groups is 1. The number of carbonyl (C=O) groups excluding carboxylic acids is 1. The van der Waals surface area contributed by atoms with Crippen LogP contribution in [0.25, 0.3) is 0 Å². The van der Waals surface area contributed by atoms with Crippen molar-refractivity contribution in [1.82, 2.24) is 5.32 Å². The van der Waals surface area contributed by atoms with Gasteiger partial charge in [-0.15, -0.1) is 0 Å². The van der Waals surface area contributed by atoms with E-state index in [4.69, 9.17) is 5.73 Å². The number of rotatable bonds is 4. The Hall–Kier alpha value is -0.420.